The van der Waals surface area contributed by atoms with E-state index < -0.39 is 11.6 Å². The van der Waals surface area contributed by atoms with E-state index in [0.717, 1.165) is 23.6 Å². The molecule has 2 rings (SSSR count). The van der Waals surface area contributed by atoms with Crippen LogP contribution in [0.5, 0.6) is 5.75 Å². The molecular formula is C18H24F2IN5O. The number of aromatic nitrogens is 1. The number of ether oxygens (including phenoxy) is 1. The molecule has 0 aliphatic heterocycles. The van der Waals surface area contributed by atoms with Crippen molar-refractivity contribution in [2.45, 2.75) is 6.54 Å². The van der Waals surface area contributed by atoms with Crippen LogP contribution in [0.4, 0.5) is 14.6 Å². The van der Waals surface area contributed by atoms with Gasteiger partial charge >= 0.3 is 0 Å². The molecule has 2 N–H and O–H groups in total. The van der Waals surface area contributed by atoms with E-state index >= 15 is 0 Å². The van der Waals surface area contributed by atoms with E-state index in [0.29, 0.717) is 19.0 Å². The summed E-state index contributed by atoms with van der Waals surface area (Å²) in [5, 5.41) is 6.21. The van der Waals surface area contributed by atoms with E-state index in [1.807, 2.05) is 37.2 Å². The largest absolute Gasteiger partial charge is 0.489 e. The molecule has 0 atom stereocenters. The standard InChI is InChI=1S/C18H23F2N5O.HI/c1-21-18(23-12-14-5-4-6-17(24-14)25(2)3)22-9-10-26-16-8-7-13(19)11-15(16)20;/h4-8,11H,9-10,12H2,1-3H3,(H2,21,22,23);1H. The lowest BCUT2D eigenvalue weighted by atomic mass is 10.3. The second kappa shape index (κ2) is 11.5. The lowest BCUT2D eigenvalue weighted by Crippen LogP contribution is -2.39. The number of guanidine groups is 1. The Morgan fingerprint density at radius 1 is 1.19 bits per heavy atom. The molecule has 148 valence electrons. The van der Waals surface area contributed by atoms with Crippen LogP contribution in [-0.4, -0.2) is 45.2 Å². The van der Waals surface area contributed by atoms with E-state index in [4.69, 9.17) is 4.74 Å². The maximum absolute atomic E-state index is 13.5. The molecule has 27 heavy (non-hydrogen) atoms. The van der Waals surface area contributed by atoms with Crippen LogP contribution in [0.15, 0.2) is 41.4 Å². The summed E-state index contributed by atoms with van der Waals surface area (Å²) in [4.78, 5) is 10.6. The molecule has 0 radical (unpaired) electrons. The number of hydrogen-bond acceptors (Lipinski definition) is 4. The average Bonchev–Trinajstić information content (AvgIpc) is 2.62. The fourth-order valence-corrected chi connectivity index (χ4v) is 2.13. The third-order valence-corrected chi connectivity index (χ3v) is 3.46. The summed E-state index contributed by atoms with van der Waals surface area (Å²) >= 11 is 0. The van der Waals surface area contributed by atoms with Crippen LogP contribution < -0.4 is 20.3 Å². The molecule has 9 heteroatoms. The van der Waals surface area contributed by atoms with Gasteiger partial charge in [-0.25, -0.2) is 13.8 Å². The Hall–Kier alpha value is -2.17. The number of rotatable bonds is 7. The minimum absolute atomic E-state index is 0. The van der Waals surface area contributed by atoms with Crippen LogP contribution in [0, 0.1) is 11.6 Å². The first-order valence-corrected chi connectivity index (χ1v) is 8.15. The first kappa shape index (κ1) is 22.9. The number of hydrogen-bond donors (Lipinski definition) is 2. The second-order valence-corrected chi connectivity index (χ2v) is 5.66. The molecule has 0 fully saturated rings. The Labute approximate surface area is 175 Å². The fourth-order valence-electron chi connectivity index (χ4n) is 2.13. The summed E-state index contributed by atoms with van der Waals surface area (Å²) in [5.74, 6) is 0.108. The molecule has 6 nitrogen and oxygen atoms in total. The van der Waals surface area contributed by atoms with Crippen LogP contribution in [0.2, 0.25) is 0 Å². The number of pyridine rings is 1. The van der Waals surface area contributed by atoms with Gasteiger partial charge in [-0.2, -0.15) is 0 Å². The van der Waals surface area contributed by atoms with E-state index in [-0.39, 0.29) is 36.3 Å². The molecule has 0 unspecified atom stereocenters. The predicted octanol–water partition coefficient (Wildman–Crippen LogP) is 2.79. The Balaban J connectivity index is 0.00000364. The van der Waals surface area contributed by atoms with Crippen molar-refractivity contribution in [3.63, 3.8) is 0 Å². The van der Waals surface area contributed by atoms with Crippen LogP contribution in [0.3, 0.4) is 0 Å². The molecule has 0 saturated heterocycles. The number of nitrogens with one attached hydrogen (secondary N) is 2. The zero-order valence-electron chi connectivity index (χ0n) is 15.5. The third-order valence-electron chi connectivity index (χ3n) is 3.46. The van der Waals surface area contributed by atoms with Crippen molar-refractivity contribution in [1.82, 2.24) is 15.6 Å². The Morgan fingerprint density at radius 2 is 1.96 bits per heavy atom. The fraction of sp³-hybridized carbons (Fsp3) is 0.333. The van der Waals surface area contributed by atoms with Crippen molar-refractivity contribution in [2.24, 2.45) is 4.99 Å². The molecule has 1 heterocycles. The van der Waals surface area contributed by atoms with Gasteiger partial charge in [0.1, 0.15) is 18.2 Å². The van der Waals surface area contributed by atoms with Crippen molar-refractivity contribution in [3.8, 4) is 5.75 Å². The monoisotopic (exact) mass is 491 g/mol. The molecule has 0 spiro atoms. The highest BCUT2D eigenvalue weighted by Crippen LogP contribution is 2.17. The number of halogens is 3. The molecule has 0 bridgehead atoms. The van der Waals surface area contributed by atoms with Gasteiger partial charge < -0.3 is 20.3 Å². The van der Waals surface area contributed by atoms with Gasteiger partial charge in [0.2, 0.25) is 0 Å². The number of anilines is 1. The first-order valence-electron chi connectivity index (χ1n) is 8.15. The zero-order chi connectivity index (χ0) is 18.9. The SMILES string of the molecule is CN=C(NCCOc1ccc(F)cc1F)NCc1cccc(N(C)C)n1.I. The second-order valence-electron chi connectivity index (χ2n) is 5.66. The normalized spacial score (nSPS) is 10.8. The summed E-state index contributed by atoms with van der Waals surface area (Å²) in [6.07, 6.45) is 0. The summed E-state index contributed by atoms with van der Waals surface area (Å²) in [7, 11) is 5.52. The molecular weight excluding hydrogens is 467 g/mol. The van der Waals surface area contributed by atoms with Crippen molar-refractivity contribution >= 4 is 35.8 Å². The topological polar surface area (TPSA) is 61.8 Å². The zero-order valence-corrected chi connectivity index (χ0v) is 17.8. The highest BCUT2D eigenvalue weighted by molar-refractivity contribution is 14.0. The van der Waals surface area contributed by atoms with Gasteiger partial charge in [0, 0.05) is 27.2 Å². The predicted molar refractivity (Wildman–Crippen MR) is 114 cm³/mol. The van der Waals surface area contributed by atoms with Gasteiger partial charge in [-0.05, 0) is 24.3 Å². The van der Waals surface area contributed by atoms with Gasteiger partial charge in [0.25, 0.3) is 0 Å². The van der Waals surface area contributed by atoms with E-state index in [9.17, 15) is 8.78 Å². The van der Waals surface area contributed by atoms with Gasteiger partial charge in [-0.15, -0.1) is 24.0 Å². The van der Waals surface area contributed by atoms with Crippen molar-refractivity contribution < 1.29 is 13.5 Å². The maximum Gasteiger partial charge on any atom is 0.191 e. The number of benzene rings is 1. The van der Waals surface area contributed by atoms with Gasteiger partial charge in [0.05, 0.1) is 18.8 Å². The lowest BCUT2D eigenvalue weighted by Gasteiger charge is -2.14. The van der Waals surface area contributed by atoms with Crippen LogP contribution in [0.25, 0.3) is 0 Å². The van der Waals surface area contributed by atoms with Gasteiger partial charge in [0.15, 0.2) is 17.5 Å². The molecule has 0 amide bonds. The van der Waals surface area contributed by atoms with Gasteiger partial charge in [-0.3, -0.25) is 4.99 Å². The quantitative estimate of drug-likeness (QED) is 0.270. The molecule has 0 aliphatic carbocycles. The molecule has 0 saturated carbocycles. The average molecular weight is 491 g/mol. The Bertz CT molecular complexity index is 758. The number of nitrogens with zero attached hydrogens (tertiary/aromatic N) is 3. The van der Waals surface area contributed by atoms with E-state index in [1.54, 1.807) is 7.05 Å². The number of aliphatic imine (C=N–C) groups is 1. The van der Waals surface area contributed by atoms with Crippen molar-refractivity contribution in [2.75, 3.05) is 39.2 Å². The van der Waals surface area contributed by atoms with Crippen molar-refractivity contribution in [1.29, 1.82) is 0 Å². The maximum atomic E-state index is 13.5. The molecule has 1 aromatic carbocycles. The van der Waals surface area contributed by atoms with E-state index in [1.165, 1.54) is 6.07 Å². The first-order chi connectivity index (χ1) is 12.5. The highest BCUT2D eigenvalue weighted by atomic mass is 127. The minimum atomic E-state index is -0.723. The van der Waals surface area contributed by atoms with Gasteiger partial charge in [-0.1, -0.05) is 6.07 Å². The lowest BCUT2D eigenvalue weighted by molar-refractivity contribution is 0.304. The molecule has 1 aromatic heterocycles. The van der Waals surface area contributed by atoms with Crippen molar-refractivity contribution in [3.05, 3.63) is 53.7 Å². The van der Waals surface area contributed by atoms with Crippen LogP contribution in [0.1, 0.15) is 5.69 Å². The highest BCUT2D eigenvalue weighted by Gasteiger charge is 2.05. The summed E-state index contributed by atoms with van der Waals surface area (Å²) in [6.45, 7) is 1.12. The smallest absolute Gasteiger partial charge is 0.191 e. The van der Waals surface area contributed by atoms with Crippen LogP contribution in [-0.2, 0) is 6.54 Å². The molecule has 0 aliphatic rings. The molecule has 2 aromatic rings. The Kier molecular flexibility index (Phi) is 9.76. The Morgan fingerprint density at radius 3 is 2.63 bits per heavy atom. The summed E-state index contributed by atoms with van der Waals surface area (Å²) in [5.41, 5.74) is 0.879. The summed E-state index contributed by atoms with van der Waals surface area (Å²) in [6, 6.07) is 9.01. The minimum Gasteiger partial charge on any atom is -0.489 e. The van der Waals surface area contributed by atoms with E-state index in [2.05, 4.69) is 20.6 Å². The third kappa shape index (κ3) is 7.53. The summed E-state index contributed by atoms with van der Waals surface area (Å²) < 4.78 is 31.6. The van der Waals surface area contributed by atoms with Crippen LogP contribution >= 0.6 is 24.0 Å².